The molecular weight excluding hydrogens is 409 g/mol. The highest BCUT2D eigenvalue weighted by Crippen LogP contribution is 2.22. The molecule has 3 aromatic heterocycles. The molecule has 0 radical (unpaired) electrons. The van der Waals surface area contributed by atoms with E-state index in [1.165, 1.54) is 10.6 Å². The molecule has 3 heterocycles. The van der Waals surface area contributed by atoms with E-state index < -0.39 is 0 Å². The fraction of sp³-hybridized carbons (Fsp3) is 0.375. The van der Waals surface area contributed by atoms with Crippen molar-refractivity contribution in [3.05, 3.63) is 74.9 Å². The maximum absolute atomic E-state index is 14.0. The summed E-state index contributed by atoms with van der Waals surface area (Å²) in [5.74, 6) is -0.107. The molecule has 0 saturated heterocycles. The summed E-state index contributed by atoms with van der Waals surface area (Å²) in [6.07, 6.45) is 5.26. The zero-order chi connectivity index (χ0) is 22.8. The summed E-state index contributed by atoms with van der Waals surface area (Å²) in [6, 6.07) is 8.43. The van der Waals surface area contributed by atoms with Crippen molar-refractivity contribution in [2.75, 3.05) is 0 Å². The number of aromatic nitrogens is 5. The Labute approximate surface area is 185 Å². The van der Waals surface area contributed by atoms with Crippen molar-refractivity contribution in [3.8, 4) is 11.3 Å². The van der Waals surface area contributed by atoms with Crippen LogP contribution < -0.4 is 11.2 Å². The number of unbranched alkanes of at least 4 members (excludes halogenated alkanes) is 1. The first-order valence-electron chi connectivity index (χ1n) is 11.0. The van der Waals surface area contributed by atoms with Crippen molar-refractivity contribution in [1.29, 1.82) is 0 Å². The van der Waals surface area contributed by atoms with Crippen LogP contribution in [0.15, 0.2) is 52.3 Å². The smallest absolute Gasteiger partial charge is 0.331 e. The van der Waals surface area contributed by atoms with Crippen LogP contribution in [0.2, 0.25) is 0 Å². The molecule has 0 aliphatic heterocycles. The minimum atomic E-state index is -0.309. The minimum Gasteiger partial charge on any atom is -0.349 e. The molecule has 1 aromatic carbocycles. The topological polar surface area (TPSA) is 77.6 Å². The molecule has 32 heavy (non-hydrogen) atoms. The molecule has 0 saturated carbocycles. The largest absolute Gasteiger partial charge is 0.349 e. The number of hydrogen-bond acceptors (Lipinski definition) is 3. The molecule has 0 unspecified atom stereocenters. The third kappa shape index (κ3) is 4.17. The molecule has 4 aromatic rings. The highest BCUT2D eigenvalue weighted by Gasteiger charge is 2.17. The highest BCUT2D eigenvalue weighted by atomic mass is 19.1. The Bertz CT molecular complexity index is 1360. The molecule has 0 fully saturated rings. The van der Waals surface area contributed by atoms with Gasteiger partial charge in [0.2, 0.25) is 0 Å². The van der Waals surface area contributed by atoms with Crippen LogP contribution in [-0.4, -0.2) is 23.9 Å². The van der Waals surface area contributed by atoms with Gasteiger partial charge in [0.25, 0.3) is 5.56 Å². The summed E-state index contributed by atoms with van der Waals surface area (Å²) < 4.78 is 18.6. The summed E-state index contributed by atoms with van der Waals surface area (Å²) >= 11 is 0. The van der Waals surface area contributed by atoms with Crippen LogP contribution in [-0.2, 0) is 19.6 Å². The Morgan fingerprint density at radius 1 is 1.16 bits per heavy atom. The number of hydrogen-bond donors (Lipinski definition) is 1. The normalized spacial score (nSPS) is 11.7. The van der Waals surface area contributed by atoms with Crippen molar-refractivity contribution in [2.24, 2.45) is 5.92 Å². The van der Waals surface area contributed by atoms with E-state index in [0.717, 1.165) is 18.4 Å². The van der Waals surface area contributed by atoms with E-state index in [9.17, 15) is 14.0 Å². The monoisotopic (exact) mass is 437 g/mol. The molecule has 7 nitrogen and oxygen atoms in total. The van der Waals surface area contributed by atoms with Crippen molar-refractivity contribution in [3.63, 3.8) is 0 Å². The minimum absolute atomic E-state index is 0.170. The van der Waals surface area contributed by atoms with Gasteiger partial charge in [-0.2, -0.15) is 5.10 Å². The SMILES string of the molecule is CCCCn1c(=O)n(CC(C)C)c(=O)c2[nH]c(-c3cnn(Cc4ccccc4F)c3)cc21. The van der Waals surface area contributed by atoms with E-state index in [2.05, 4.69) is 17.0 Å². The summed E-state index contributed by atoms with van der Waals surface area (Å²) in [6.45, 7) is 7.25. The molecule has 1 N–H and O–H groups in total. The predicted octanol–water partition coefficient (Wildman–Crippen LogP) is 4.00. The van der Waals surface area contributed by atoms with Gasteiger partial charge in [-0.05, 0) is 24.5 Å². The van der Waals surface area contributed by atoms with Crippen molar-refractivity contribution >= 4 is 11.0 Å². The number of H-pyrrole nitrogens is 1. The van der Waals surface area contributed by atoms with Crippen LogP contribution in [0.3, 0.4) is 0 Å². The van der Waals surface area contributed by atoms with Crippen LogP contribution in [0.4, 0.5) is 4.39 Å². The molecule has 0 atom stereocenters. The van der Waals surface area contributed by atoms with Gasteiger partial charge in [-0.3, -0.25) is 18.6 Å². The average molecular weight is 438 g/mol. The van der Waals surface area contributed by atoms with Crippen molar-refractivity contribution < 1.29 is 4.39 Å². The average Bonchev–Trinajstić information content (AvgIpc) is 3.40. The van der Waals surface area contributed by atoms with E-state index in [1.54, 1.807) is 39.8 Å². The lowest BCUT2D eigenvalue weighted by molar-refractivity contribution is 0.472. The third-order valence-electron chi connectivity index (χ3n) is 5.53. The second kappa shape index (κ2) is 8.98. The number of benzene rings is 1. The first-order valence-corrected chi connectivity index (χ1v) is 11.0. The Kier molecular flexibility index (Phi) is 6.12. The maximum atomic E-state index is 14.0. The Morgan fingerprint density at radius 3 is 2.66 bits per heavy atom. The molecule has 0 aliphatic rings. The standard InChI is InChI=1S/C24H28FN5O2/c1-4-5-10-29-21-11-20(27-22(21)23(31)30(24(29)32)13-16(2)3)18-12-26-28(15-18)14-17-8-6-7-9-19(17)25/h6-9,11-12,15-16,27H,4-5,10,13-14H2,1-3H3. The Balaban J connectivity index is 1.77. The Hall–Kier alpha value is -3.42. The van der Waals surface area contributed by atoms with Crippen LogP contribution in [0.25, 0.3) is 22.3 Å². The molecule has 168 valence electrons. The first-order chi connectivity index (χ1) is 15.4. The maximum Gasteiger partial charge on any atom is 0.331 e. The van der Waals surface area contributed by atoms with E-state index in [1.807, 2.05) is 19.9 Å². The lowest BCUT2D eigenvalue weighted by Crippen LogP contribution is -2.41. The van der Waals surface area contributed by atoms with Crippen molar-refractivity contribution in [2.45, 2.75) is 53.2 Å². The zero-order valence-corrected chi connectivity index (χ0v) is 18.6. The number of aromatic amines is 1. The summed E-state index contributed by atoms with van der Waals surface area (Å²) in [7, 11) is 0. The number of fused-ring (bicyclic) bond motifs is 1. The summed E-state index contributed by atoms with van der Waals surface area (Å²) in [5.41, 5.74) is 2.44. The molecular formula is C24H28FN5O2. The van der Waals surface area contributed by atoms with E-state index in [0.29, 0.717) is 41.9 Å². The number of rotatable bonds is 8. The van der Waals surface area contributed by atoms with Crippen LogP contribution in [0, 0.1) is 11.7 Å². The Morgan fingerprint density at radius 2 is 1.94 bits per heavy atom. The molecule has 8 heteroatoms. The van der Waals surface area contributed by atoms with E-state index in [-0.39, 0.29) is 23.0 Å². The predicted molar refractivity (Wildman–Crippen MR) is 123 cm³/mol. The fourth-order valence-corrected chi connectivity index (χ4v) is 3.89. The number of halogens is 1. The molecule has 4 rings (SSSR count). The van der Waals surface area contributed by atoms with Gasteiger partial charge in [0, 0.05) is 30.4 Å². The summed E-state index contributed by atoms with van der Waals surface area (Å²) in [4.78, 5) is 29.4. The van der Waals surface area contributed by atoms with Gasteiger partial charge < -0.3 is 4.98 Å². The van der Waals surface area contributed by atoms with E-state index >= 15 is 0 Å². The lowest BCUT2D eigenvalue weighted by atomic mass is 10.2. The van der Waals surface area contributed by atoms with E-state index in [4.69, 9.17) is 0 Å². The van der Waals surface area contributed by atoms with Crippen LogP contribution in [0.1, 0.15) is 39.2 Å². The molecule has 0 amide bonds. The van der Waals surface area contributed by atoms with Gasteiger partial charge >= 0.3 is 5.69 Å². The lowest BCUT2D eigenvalue weighted by Gasteiger charge is -2.13. The molecule has 0 bridgehead atoms. The number of nitrogens with zero attached hydrogens (tertiary/aromatic N) is 4. The second-order valence-electron chi connectivity index (χ2n) is 8.56. The van der Waals surface area contributed by atoms with Gasteiger partial charge in [0.15, 0.2) is 0 Å². The second-order valence-corrected chi connectivity index (χ2v) is 8.56. The van der Waals surface area contributed by atoms with Crippen LogP contribution >= 0.6 is 0 Å². The number of nitrogens with one attached hydrogen (secondary N) is 1. The first kappa shape index (κ1) is 21.8. The van der Waals surface area contributed by atoms with Gasteiger partial charge in [-0.15, -0.1) is 0 Å². The van der Waals surface area contributed by atoms with Gasteiger partial charge in [0.1, 0.15) is 11.3 Å². The quantitative estimate of drug-likeness (QED) is 0.453. The number of aryl methyl sites for hydroxylation is 1. The van der Waals surface area contributed by atoms with Crippen molar-refractivity contribution in [1.82, 2.24) is 23.9 Å². The third-order valence-corrected chi connectivity index (χ3v) is 5.53. The van der Waals surface area contributed by atoms with Gasteiger partial charge in [-0.1, -0.05) is 45.4 Å². The van der Waals surface area contributed by atoms with Gasteiger partial charge in [0.05, 0.1) is 24.0 Å². The fourth-order valence-electron chi connectivity index (χ4n) is 3.89. The zero-order valence-electron chi connectivity index (χ0n) is 18.6. The van der Waals surface area contributed by atoms with Gasteiger partial charge in [-0.25, -0.2) is 9.18 Å². The molecule has 0 aliphatic carbocycles. The van der Waals surface area contributed by atoms with Crippen LogP contribution in [0.5, 0.6) is 0 Å². The summed E-state index contributed by atoms with van der Waals surface area (Å²) in [5, 5.41) is 4.35. The molecule has 0 spiro atoms. The highest BCUT2D eigenvalue weighted by molar-refractivity contribution is 5.82.